The van der Waals surface area contributed by atoms with E-state index in [0.29, 0.717) is 5.76 Å². The number of hydrogen-bond donors (Lipinski definition) is 0. The highest BCUT2D eigenvalue weighted by Gasteiger charge is 2.07. The molecule has 1 aliphatic heterocycles. The van der Waals surface area contributed by atoms with Crippen molar-refractivity contribution in [1.29, 1.82) is 0 Å². The number of cyclic esters (lactones) is 1. The first-order chi connectivity index (χ1) is 5.83. The second kappa shape index (κ2) is 4.40. The summed E-state index contributed by atoms with van der Waals surface area (Å²) in [4.78, 5) is 10.5. The fourth-order valence-electron chi connectivity index (χ4n) is 0.726. The largest absolute Gasteiger partial charge is 0.414 e. The molecule has 0 saturated heterocycles. The molecule has 0 N–H and O–H groups in total. The highest BCUT2D eigenvalue weighted by molar-refractivity contribution is 5.86. The predicted molar refractivity (Wildman–Crippen MR) is 45.2 cm³/mol. The lowest BCUT2D eigenvalue weighted by molar-refractivity contribution is -0.132. The van der Waals surface area contributed by atoms with E-state index in [1.165, 1.54) is 6.08 Å². The fourth-order valence-corrected chi connectivity index (χ4v) is 0.726. The van der Waals surface area contributed by atoms with Crippen LogP contribution in [0.4, 0.5) is 0 Å². The van der Waals surface area contributed by atoms with E-state index in [9.17, 15) is 4.79 Å². The molecule has 2 heteroatoms. The van der Waals surface area contributed by atoms with Gasteiger partial charge in [0.1, 0.15) is 0 Å². The SMILES string of the molecule is CCCC=C=C=C1C=CC(=O)O1. The lowest BCUT2D eigenvalue weighted by Crippen LogP contribution is -1.88. The van der Waals surface area contributed by atoms with Crippen molar-refractivity contribution in [2.24, 2.45) is 0 Å². The van der Waals surface area contributed by atoms with E-state index in [4.69, 9.17) is 4.74 Å². The van der Waals surface area contributed by atoms with E-state index in [1.54, 1.807) is 6.08 Å². The van der Waals surface area contributed by atoms with Gasteiger partial charge in [0, 0.05) is 6.08 Å². The van der Waals surface area contributed by atoms with Crippen LogP contribution in [0.15, 0.2) is 35.4 Å². The molecule has 12 heavy (non-hydrogen) atoms. The molecule has 1 rings (SSSR count). The molecular weight excluding hydrogens is 152 g/mol. The van der Waals surface area contributed by atoms with Crippen LogP contribution in [0.5, 0.6) is 0 Å². The number of rotatable bonds is 2. The van der Waals surface area contributed by atoms with E-state index in [1.807, 2.05) is 6.08 Å². The van der Waals surface area contributed by atoms with Crippen LogP contribution in [-0.4, -0.2) is 5.97 Å². The molecule has 0 atom stereocenters. The quantitative estimate of drug-likeness (QED) is 0.459. The van der Waals surface area contributed by atoms with Crippen molar-refractivity contribution >= 4 is 5.97 Å². The summed E-state index contributed by atoms with van der Waals surface area (Å²) < 4.78 is 4.71. The van der Waals surface area contributed by atoms with Crippen molar-refractivity contribution < 1.29 is 9.53 Å². The fraction of sp³-hybridized carbons (Fsp3) is 0.300. The Morgan fingerprint density at radius 2 is 2.42 bits per heavy atom. The Hall–Kier alpha value is -1.49. The summed E-state index contributed by atoms with van der Waals surface area (Å²) in [6.45, 7) is 2.08. The number of hydrogen-bond acceptors (Lipinski definition) is 2. The normalized spacial score (nSPS) is 13.8. The molecule has 0 aromatic heterocycles. The number of carbonyl (C=O) groups is 1. The van der Waals surface area contributed by atoms with Gasteiger partial charge in [0.15, 0.2) is 5.76 Å². The van der Waals surface area contributed by atoms with Gasteiger partial charge in [0.25, 0.3) is 0 Å². The summed E-state index contributed by atoms with van der Waals surface area (Å²) in [5, 5.41) is 0. The Kier molecular flexibility index (Phi) is 3.16. The minimum Gasteiger partial charge on any atom is -0.414 e. The molecule has 1 aliphatic rings. The third-order valence-corrected chi connectivity index (χ3v) is 1.31. The van der Waals surface area contributed by atoms with E-state index < -0.39 is 0 Å². The second-order valence-electron chi connectivity index (χ2n) is 2.38. The van der Waals surface area contributed by atoms with Gasteiger partial charge in [-0.1, -0.05) is 19.1 Å². The third-order valence-electron chi connectivity index (χ3n) is 1.31. The van der Waals surface area contributed by atoms with Crippen LogP contribution in [0.25, 0.3) is 0 Å². The lowest BCUT2D eigenvalue weighted by atomic mass is 10.3. The zero-order chi connectivity index (χ0) is 8.81. The topological polar surface area (TPSA) is 26.3 Å². The number of ether oxygens (including phenoxy) is 1. The Morgan fingerprint density at radius 3 is 3.00 bits per heavy atom. The van der Waals surface area contributed by atoms with Crippen molar-refractivity contribution in [2.75, 3.05) is 0 Å². The maximum absolute atomic E-state index is 10.5. The smallest absolute Gasteiger partial charge is 0.336 e. The van der Waals surface area contributed by atoms with Gasteiger partial charge in [-0.3, -0.25) is 0 Å². The first-order valence-electron chi connectivity index (χ1n) is 3.93. The lowest BCUT2D eigenvalue weighted by Gasteiger charge is -1.86. The molecule has 0 unspecified atom stereocenters. The highest BCUT2D eigenvalue weighted by atomic mass is 16.5. The maximum atomic E-state index is 10.5. The van der Waals surface area contributed by atoms with E-state index in [-0.39, 0.29) is 5.97 Å². The van der Waals surface area contributed by atoms with Crippen LogP contribution >= 0.6 is 0 Å². The summed E-state index contributed by atoms with van der Waals surface area (Å²) in [6.07, 6.45) is 6.86. The number of carbonyl (C=O) groups excluding carboxylic acids is 1. The van der Waals surface area contributed by atoms with Gasteiger partial charge in [-0.15, -0.1) is 0 Å². The number of unbranched alkanes of at least 4 members (excludes halogenated alkanes) is 1. The monoisotopic (exact) mass is 162 g/mol. The molecule has 2 nitrogen and oxygen atoms in total. The summed E-state index contributed by atoms with van der Waals surface area (Å²) >= 11 is 0. The van der Waals surface area contributed by atoms with Crippen LogP contribution in [0.3, 0.4) is 0 Å². The van der Waals surface area contributed by atoms with Crippen LogP contribution in [0.1, 0.15) is 19.8 Å². The molecule has 0 bridgehead atoms. The van der Waals surface area contributed by atoms with Crippen molar-refractivity contribution in [3.63, 3.8) is 0 Å². The summed E-state index contributed by atoms with van der Waals surface area (Å²) in [5.74, 6) is 0.0992. The van der Waals surface area contributed by atoms with E-state index >= 15 is 0 Å². The first-order valence-corrected chi connectivity index (χ1v) is 3.93. The molecule has 0 saturated carbocycles. The molecular formula is C10H10O2. The molecule has 62 valence electrons. The minimum absolute atomic E-state index is 0.338. The van der Waals surface area contributed by atoms with Crippen molar-refractivity contribution in [3.8, 4) is 0 Å². The first kappa shape index (κ1) is 8.61. The van der Waals surface area contributed by atoms with E-state index in [2.05, 4.69) is 18.4 Å². The Bertz CT molecular complexity index is 298. The van der Waals surface area contributed by atoms with Crippen molar-refractivity contribution in [1.82, 2.24) is 0 Å². The van der Waals surface area contributed by atoms with Gasteiger partial charge in [-0.25, -0.2) is 4.79 Å². The van der Waals surface area contributed by atoms with Gasteiger partial charge < -0.3 is 4.74 Å². The van der Waals surface area contributed by atoms with Gasteiger partial charge in [0.05, 0.1) is 0 Å². The molecule has 0 amide bonds. The van der Waals surface area contributed by atoms with Gasteiger partial charge in [-0.05, 0) is 24.3 Å². The summed E-state index contributed by atoms with van der Waals surface area (Å²) in [5.41, 5.74) is 5.54. The second-order valence-corrected chi connectivity index (χ2v) is 2.38. The summed E-state index contributed by atoms with van der Waals surface area (Å²) in [6, 6.07) is 0. The highest BCUT2D eigenvalue weighted by Crippen LogP contribution is 2.05. The Labute approximate surface area is 71.5 Å². The average Bonchev–Trinajstić information content (AvgIpc) is 2.45. The van der Waals surface area contributed by atoms with Gasteiger partial charge in [-0.2, -0.15) is 0 Å². The Morgan fingerprint density at radius 1 is 1.58 bits per heavy atom. The maximum Gasteiger partial charge on any atom is 0.336 e. The molecule has 0 fully saturated rings. The van der Waals surface area contributed by atoms with Crippen molar-refractivity contribution in [2.45, 2.75) is 19.8 Å². The third kappa shape index (κ3) is 2.63. The van der Waals surface area contributed by atoms with E-state index in [0.717, 1.165) is 12.8 Å². The van der Waals surface area contributed by atoms with Gasteiger partial charge in [0.2, 0.25) is 0 Å². The van der Waals surface area contributed by atoms with Crippen LogP contribution in [0, 0.1) is 0 Å². The van der Waals surface area contributed by atoms with Crippen LogP contribution < -0.4 is 0 Å². The molecule has 0 radical (unpaired) electrons. The average molecular weight is 162 g/mol. The molecule has 0 aromatic rings. The predicted octanol–water partition coefficient (Wildman–Crippen LogP) is 2.09. The summed E-state index contributed by atoms with van der Waals surface area (Å²) in [7, 11) is 0. The zero-order valence-electron chi connectivity index (χ0n) is 6.96. The number of esters is 1. The molecule has 0 spiro atoms. The molecule has 0 aromatic carbocycles. The molecule has 0 aliphatic carbocycles. The van der Waals surface area contributed by atoms with Crippen molar-refractivity contribution in [3.05, 3.63) is 35.4 Å². The van der Waals surface area contributed by atoms with Crippen LogP contribution in [0.2, 0.25) is 0 Å². The van der Waals surface area contributed by atoms with Gasteiger partial charge >= 0.3 is 5.97 Å². The van der Waals surface area contributed by atoms with Crippen LogP contribution in [-0.2, 0) is 9.53 Å². The molecule has 1 heterocycles. The Balaban J connectivity index is 2.64. The zero-order valence-corrected chi connectivity index (χ0v) is 6.96. The minimum atomic E-state index is -0.338. The number of allylic oxidation sites excluding steroid dienone is 2. The standard InChI is InChI=1S/C10H10O2/c1-2-3-4-5-6-9-7-8-10(11)12-9/h4,7-8H,2-3H2,1H3.